The van der Waals surface area contributed by atoms with E-state index in [2.05, 4.69) is 27.5 Å². The smallest absolute Gasteiger partial charge is 0.253 e. The maximum atomic E-state index is 12.2. The van der Waals surface area contributed by atoms with Crippen LogP contribution in [0, 0.1) is 0 Å². The number of nitrogens with two attached hydrogens (primary N) is 1. The summed E-state index contributed by atoms with van der Waals surface area (Å²) < 4.78 is 1.09. The highest BCUT2D eigenvalue weighted by Gasteiger charge is 2.33. The van der Waals surface area contributed by atoms with Crippen LogP contribution in [0.1, 0.15) is 36.0 Å². The number of carbonyl (C=O) groups excluding carboxylic acids is 1. The molecule has 3 nitrogen and oxygen atoms in total. The van der Waals surface area contributed by atoms with E-state index in [9.17, 15) is 4.79 Å². The second-order valence-electron chi connectivity index (χ2n) is 5.01. The minimum absolute atomic E-state index is 0.0841. The molecule has 0 aromatic heterocycles. The van der Waals surface area contributed by atoms with Gasteiger partial charge in [0, 0.05) is 21.5 Å². The third kappa shape index (κ3) is 3.45. The fraction of sp³-hybridized carbons (Fsp3) is 0.500. The first-order valence-corrected chi connectivity index (χ1v) is 8.46. The van der Waals surface area contributed by atoms with Crippen molar-refractivity contribution in [2.45, 2.75) is 30.4 Å². The molecule has 0 radical (unpaired) electrons. The summed E-state index contributed by atoms with van der Waals surface area (Å²) in [7, 11) is 0. The van der Waals surface area contributed by atoms with E-state index in [0.717, 1.165) is 11.0 Å². The molecule has 3 N–H and O–H groups in total. The van der Waals surface area contributed by atoms with E-state index in [4.69, 9.17) is 5.73 Å². The highest BCUT2D eigenvalue weighted by molar-refractivity contribution is 9.10. The summed E-state index contributed by atoms with van der Waals surface area (Å²) in [6, 6.07) is 5.36. The Bertz CT molecular complexity index is 473. The molecule has 2 rings (SSSR count). The summed E-state index contributed by atoms with van der Waals surface area (Å²) in [5.74, 6) is -0.0841. The van der Waals surface area contributed by atoms with Crippen molar-refractivity contribution in [3.8, 4) is 0 Å². The summed E-state index contributed by atoms with van der Waals surface area (Å²) in [4.78, 5) is 12.2. The molecule has 0 unspecified atom stereocenters. The lowest BCUT2D eigenvalue weighted by molar-refractivity contribution is 0.0950. The fourth-order valence-electron chi connectivity index (χ4n) is 2.53. The van der Waals surface area contributed by atoms with E-state index in [1.54, 1.807) is 12.1 Å². The summed E-state index contributed by atoms with van der Waals surface area (Å²) >= 11 is 5.24. The van der Waals surface area contributed by atoms with Crippen molar-refractivity contribution < 1.29 is 4.79 Å². The van der Waals surface area contributed by atoms with Gasteiger partial charge in [-0.05, 0) is 37.3 Å². The van der Waals surface area contributed by atoms with Crippen molar-refractivity contribution in [2.75, 3.05) is 18.5 Å². The lowest BCUT2D eigenvalue weighted by atomic mass is 10.1. The van der Waals surface area contributed by atoms with Crippen LogP contribution >= 0.6 is 27.7 Å². The molecular formula is C14H19BrN2OS. The number of nitrogen functional groups attached to an aromatic ring is 1. The molecule has 0 bridgehead atoms. The lowest BCUT2D eigenvalue weighted by Gasteiger charge is -2.27. The van der Waals surface area contributed by atoms with Crippen LogP contribution in [0.3, 0.4) is 0 Å². The molecular weight excluding hydrogens is 324 g/mol. The van der Waals surface area contributed by atoms with Crippen LogP contribution in [0.2, 0.25) is 0 Å². The molecule has 0 saturated heterocycles. The molecule has 0 spiro atoms. The van der Waals surface area contributed by atoms with Crippen molar-refractivity contribution in [3.63, 3.8) is 0 Å². The van der Waals surface area contributed by atoms with Crippen molar-refractivity contribution in [1.29, 1.82) is 0 Å². The first-order chi connectivity index (χ1) is 9.06. The van der Waals surface area contributed by atoms with Gasteiger partial charge in [-0.1, -0.05) is 28.8 Å². The van der Waals surface area contributed by atoms with Crippen LogP contribution in [-0.4, -0.2) is 23.5 Å². The molecule has 1 aromatic rings. The van der Waals surface area contributed by atoms with Crippen molar-refractivity contribution >= 4 is 39.3 Å². The van der Waals surface area contributed by atoms with Crippen LogP contribution in [0.5, 0.6) is 0 Å². The van der Waals surface area contributed by atoms with Gasteiger partial charge < -0.3 is 11.1 Å². The zero-order chi connectivity index (χ0) is 13.9. The number of hydrogen-bond donors (Lipinski definition) is 2. The van der Waals surface area contributed by atoms with Gasteiger partial charge in [-0.25, -0.2) is 0 Å². The Morgan fingerprint density at radius 3 is 2.79 bits per heavy atom. The standard InChI is InChI=1S/C14H19BrN2OS/c1-19-14(6-2-3-7-14)9-17-13(18)11-8-10(15)4-5-12(11)16/h4-5,8H,2-3,6-7,9,16H2,1H3,(H,17,18). The maximum Gasteiger partial charge on any atom is 0.253 e. The van der Waals surface area contributed by atoms with Gasteiger partial charge in [0.25, 0.3) is 5.91 Å². The molecule has 5 heteroatoms. The third-order valence-corrected chi connectivity index (χ3v) is 5.69. The third-order valence-electron chi connectivity index (χ3n) is 3.78. The molecule has 1 saturated carbocycles. The van der Waals surface area contributed by atoms with Gasteiger partial charge in [0.1, 0.15) is 0 Å². The second kappa shape index (κ2) is 6.18. The minimum Gasteiger partial charge on any atom is -0.398 e. The summed E-state index contributed by atoms with van der Waals surface area (Å²) in [6.07, 6.45) is 7.02. The van der Waals surface area contributed by atoms with E-state index in [0.29, 0.717) is 11.3 Å². The monoisotopic (exact) mass is 342 g/mol. The number of amides is 1. The maximum absolute atomic E-state index is 12.2. The van der Waals surface area contributed by atoms with E-state index in [1.807, 2.05) is 17.8 Å². The Morgan fingerprint density at radius 2 is 2.16 bits per heavy atom. The van der Waals surface area contributed by atoms with Crippen LogP contribution in [-0.2, 0) is 0 Å². The molecule has 0 atom stereocenters. The van der Waals surface area contributed by atoms with E-state index in [-0.39, 0.29) is 10.7 Å². The lowest BCUT2D eigenvalue weighted by Crippen LogP contribution is -2.38. The normalized spacial score (nSPS) is 17.4. The number of nitrogens with one attached hydrogen (secondary N) is 1. The van der Waals surface area contributed by atoms with Gasteiger partial charge in [-0.3, -0.25) is 4.79 Å². The zero-order valence-corrected chi connectivity index (χ0v) is 13.4. The van der Waals surface area contributed by atoms with E-state index in [1.165, 1.54) is 25.7 Å². The highest BCUT2D eigenvalue weighted by atomic mass is 79.9. The van der Waals surface area contributed by atoms with Gasteiger partial charge in [0.15, 0.2) is 0 Å². The van der Waals surface area contributed by atoms with Crippen molar-refractivity contribution in [1.82, 2.24) is 5.32 Å². The molecule has 104 valence electrons. The largest absolute Gasteiger partial charge is 0.398 e. The topological polar surface area (TPSA) is 55.1 Å². The molecule has 19 heavy (non-hydrogen) atoms. The Hall–Kier alpha value is -0.680. The zero-order valence-electron chi connectivity index (χ0n) is 11.0. The van der Waals surface area contributed by atoms with E-state index < -0.39 is 0 Å². The van der Waals surface area contributed by atoms with Crippen molar-refractivity contribution in [2.24, 2.45) is 0 Å². The molecule has 1 fully saturated rings. The van der Waals surface area contributed by atoms with Gasteiger partial charge >= 0.3 is 0 Å². The van der Waals surface area contributed by atoms with Crippen LogP contribution in [0.25, 0.3) is 0 Å². The number of hydrogen-bond acceptors (Lipinski definition) is 3. The van der Waals surface area contributed by atoms with Crippen LogP contribution in [0.4, 0.5) is 5.69 Å². The average Bonchev–Trinajstić information content (AvgIpc) is 2.88. The first kappa shape index (κ1) is 14.7. The molecule has 1 amide bonds. The second-order valence-corrected chi connectivity index (χ2v) is 7.20. The predicted molar refractivity (Wildman–Crippen MR) is 85.6 cm³/mol. The van der Waals surface area contributed by atoms with Crippen LogP contribution in [0.15, 0.2) is 22.7 Å². The first-order valence-electron chi connectivity index (χ1n) is 6.45. The van der Waals surface area contributed by atoms with Gasteiger partial charge in [0.2, 0.25) is 0 Å². The number of rotatable bonds is 4. The van der Waals surface area contributed by atoms with Gasteiger partial charge in [-0.2, -0.15) is 11.8 Å². The fourth-order valence-corrected chi connectivity index (χ4v) is 3.81. The van der Waals surface area contributed by atoms with Gasteiger partial charge in [0.05, 0.1) is 5.56 Å². The van der Waals surface area contributed by atoms with Gasteiger partial charge in [-0.15, -0.1) is 0 Å². The molecule has 0 aliphatic heterocycles. The Morgan fingerprint density at radius 1 is 1.47 bits per heavy atom. The highest BCUT2D eigenvalue weighted by Crippen LogP contribution is 2.39. The molecule has 1 aliphatic carbocycles. The SMILES string of the molecule is CSC1(CNC(=O)c2cc(Br)ccc2N)CCCC1. The van der Waals surface area contributed by atoms with E-state index >= 15 is 0 Å². The molecule has 1 aliphatic rings. The molecule has 1 aromatic carbocycles. The van der Waals surface area contributed by atoms with Crippen molar-refractivity contribution in [3.05, 3.63) is 28.2 Å². The summed E-state index contributed by atoms with van der Waals surface area (Å²) in [5.41, 5.74) is 6.92. The summed E-state index contributed by atoms with van der Waals surface area (Å²) in [5, 5.41) is 3.04. The number of anilines is 1. The Labute approximate surface area is 126 Å². The molecule has 0 heterocycles. The number of halogens is 1. The number of benzene rings is 1. The predicted octanol–water partition coefficient (Wildman–Crippen LogP) is 3.44. The Balaban J connectivity index is 2.03. The number of thioether (sulfide) groups is 1. The average molecular weight is 343 g/mol. The quantitative estimate of drug-likeness (QED) is 0.824. The van der Waals surface area contributed by atoms with Crippen LogP contribution < -0.4 is 11.1 Å². The Kier molecular flexibility index (Phi) is 4.79. The number of carbonyl (C=O) groups is 1. The summed E-state index contributed by atoms with van der Waals surface area (Å²) in [6.45, 7) is 0.721. The minimum atomic E-state index is -0.0841.